The van der Waals surface area contributed by atoms with Crippen molar-refractivity contribution in [3.63, 3.8) is 0 Å². The van der Waals surface area contributed by atoms with Gasteiger partial charge >= 0.3 is 206 Å². The first kappa shape index (κ1) is 21.9. The van der Waals surface area contributed by atoms with E-state index in [9.17, 15) is 0 Å². The average Bonchev–Trinajstić information content (AvgIpc) is 3.73. The molecule has 0 atom stereocenters. The van der Waals surface area contributed by atoms with E-state index in [2.05, 4.69) is 109 Å². The predicted molar refractivity (Wildman–Crippen MR) is 150 cm³/mol. The van der Waals surface area contributed by atoms with Crippen molar-refractivity contribution in [2.24, 2.45) is 0 Å². The summed E-state index contributed by atoms with van der Waals surface area (Å²) in [6, 6.07) is 44.9. The zero-order valence-electron chi connectivity index (χ0n) is 19.1. The molecule has 3 aromatic carbocycles. The molecule has 0 N–H and O–H groups in total. The van der Waals surface area contributed by atoms with Crippen LogP contribution in [0, 0.1) is 0 Å². The third kappa shape index (κ3) is 3.27. The molecule has 0 aliphatic heterocycles. The van der Waals surface area contributed by atoms with Crippen LogP contribution in [0.25, 0.3) is 0 Å². The van der Waals surface area contributed by atoms with Crippen LogP contribution in [0.3, 0.4) is 0 Å². The first-order valence-electron chi connectivity index (χ1n) is 11.7. The minimum absolute atomic E-state index is 0.922. The molecule has 0 aliphatic rings. The zero-order chi connectivity index (χ0) is 23.6. The molecule has 0 bridgehead atoms. The summed E-state index contributed by atoms with van der Waals surface area (Å²) in [5.41, 5.74) is 2.77. The van der Waals surface area contributed by atoms with Crippen LogP contribution in [0.2, 0.25) is 0 Å². The Morgan fingerprint density at radius 3 is 0.886 bits per heavy atom. The van der Waals surface area contributed by atoms with Crippen LogP contribution < -0.4 is 32.4 Å². The minimum atomic E-state index is -3.13. The second-order valence-electron chi connectivity index (χ2n) is 8.53. The maximum absolute atomic E-state index is 6.39. The summed E-state index contributed by atoms with van der Waals surface area (Å²) in [5, 5.41) is 3.86. The van der Waals surface area contributed by atoms with Gasteiger partial charge in [0.25, 0.3) is 0 Å². The average molecular weight is 496 g/mol. The Hall–Kier alpha value is -3.64. The zero-order valence-corrected chi connectivity index (χ0v) is 21.1. The Morgan fingerprint density at radius 2 is 0.629 bits per heavy atom. The van der Waals surface area contributed by atoms with E-state index in [4.69, 9.17) is 13.3 Å². The van der Waals surface area contributed by atoms with Gasteiger partial charge in [-0.15, -0.1) is 0 Å². The van der Waals surface area contributed by atoms with Gasteiger partial charge < -0.3 is 0 Å². The number of hydrogen-bond donors (Lipinski definition) is 0. The van der Waals surface area contributed by atoms with Crippen LogP contribution in [0.4, 0.5) is 0 Å². The van der Waals surface area contributed by atoms with Gasteiger partial charge in [-0.1, -0.05) is 0 Å². The van der Waals surface area contributed by atoms with Crippen molar-refractivity contribution < 1.29 is 13.3 Å². The summed E-state index contributed by atoms with van der Waals surface area (Å²) in [6.45, 7) is -6.09. The van der Waals surface area contributed by atoms with Crippen molar-refractivity contribution in [3.05, 3.63) is 146 Å². The second-order valence-corrected chi connectivity index (χ2v) is 19.2. The van der Waals surface area contributed by atoms with Crippen LogP contribution in [0.15, 0.2) is 159 Å². The van der Waals surface area contributed by atoms with Gasteiger partial charge in [-0.05, 0) is 0 Å². The van der Waals surface area contributed by atoms with Crippen molar-refractivity contribution in [3.8, 4) is 0 Å². The molecule has 0 radical (unpaired) electrons. The molecule has 174 valence electrons. The molecule has 3 heterocycles. The standard InChI is InChI=1S/C30H26O3P2/c1-4-13-25(14-5-1)34(26-15-6-2-7-16-26,27-17-8-3-9-18-27)35(28-19-10-22-31-28,29-20-11-23-32-29)30-21-12-24-33-30/h1-24,34-35H. The fourth-order valence-electron chi connectivity index (χ4n) is 5.61. The van der Waals surface area contributed by atoms with Gasteiger partial charge in [-0.3, -0.25) is 0 Å². The van der Waals surface area contributed by atoms with Crippen molar-refractivity contribution in [2.75, 3.05) is 0 Å². The van der Waals surface area contributed by atoms with E-state index in [1.54, 1.807) is 18.8 Å². The van der Waals surface area contributed by atoms with Gasteiger partial charge in [0.15, 0.2) is 0 Å². The molecule has 6 aromatic rings. The van der Waals surface area contributed by atoms with Crippen molar-refractivity contribution in [2.45, 2.75) is 0 Å². The number of furan rings is 3. The summed E-state index contributed by atoms with van der Waals surface area (Å²) in [7, 11) is 0. The SMILES string of the molecule is c1ccc([PH](c2ccccc2)(c2ccccc2)[PH](c2ccco2)(c2ccco2)c2ccco2)cc1. The number of hydrogen-bond acceptors (Lipinski definition) is 3. The van der Waals surface area contributed by atoms with Gasteiger partial charge in [0.2, 0.25) is 0 Å². The molecular weight excluding hydrogens is 470 g/mol. The van der Waals surface area contributed by atoms with Crippen molar-refractivity contribution in [1.29, 1.82) is 0 Å². The van der Waals surface area contributed by atoms with Gasteiger partial charge in [-0.25, -0.2) is 0 Å². The number of rotatable bonds is 7. The van der Waals surface area contributed by atoms with E-state index in [1.807, 2.05) is 18.2 Å². The molecule has 3 aromatic heterocycles. The van der Waals surface area contributed by atoms with E-state index in [-0.39, 0.29) is 0 Å². The molecule has 5 heteroatoms. The third-order valence-corrected chi connectivity index (χ3v) is 22.8. The van der Waals surface area contributed by atoms with Crippen LogP contribution in [-0.4, -0.2) is 0 Å². The molecule has 3 nitrogen and oxygen atoms in total. The maximum atomic E-state index is 6.39. The molecular formula is C30H26O3P2. The van der Waals surface area contributed by atoms with Crippen molar-refractivity contribution >= 4 is 46.3 Å². The number of benzene rings is 3. The molecule has 0 saturated heterocycles. The van der Waals surface area contributed by atoms with Gasteiger partial charge in [-0.2, -0.15) is 0 Å². The molecule has 0 spiro atoms. The van der Waals surface area contributed by atoms with Gasteiger partial charge in [0.1, 0.15) is 0 Å². The first-order valence-corrected chi connectivity index (χ1v) is 16.7. The van der Waals surface area contributed by atoms with E-state index in [1.165, 1.54) is 15.9 Å². The van der Waals surface area contributed by atoms with Gasteiger partial charge in [0, 0.05) is 0 Å². The first-order chi connectivity index (χ1) is 17.4. The molecule has 0 fully saturated rings. The molecule has 0 saturated carbocycles. The Labute approximate surface area is 205 Å². The van der Waals surface area contributed by atoms with Crippen LogP contribution in [-0.2, 0) is 0 Å². The summed E-state index contributed by atoms with van der Waals surface area (Å²) < 4.78 is 19.2. The van der Waals surface area contributed by atoms with Crippen LogP contribution >= 0.6 is 13.9 Å². The Balaban J connectivity index is 1.91. The third-order valence-electron chi connectivity index (χ3n) is 6.86. The summed E-state index contributed by atoms with van der Waals surface area (Å²) in [4.78, 5) is 0. The van der Waals surface area contributed by atoms with E-state index < -0.39 is 13.9 Å². The fraction of sp³-hybridized carbons (Fsp3) is 0. The molecule has 0 unspecified atom stereocenters. The Morgan fingerprint density at radius 1 is 0.314 bits per heavy atom. The summed E-state index contributed by atoms with van der Waals surface area (Å²) >= 11 is 0. The Kier molecular flexibility index (Phi) is 5.74. The fourth-order valence-corrected chi connectivity index (χ4v) is 23.6. The van der Waals surface area contributed by atoms with E-state index in [0.29, 0.717) is 0 Å². The molecule has 0 amide bonds. The second kappa shape index (κ2) is 9.19. The van der Waals surface area contributed by atoms with Crippen LogP contribution in [0.5, 0.6) is 0 Å². The predicted octanol–water partition coefficient (Wildman–Crippen LogP) is 5.13. The molecule has 0 aliphatic carbocycles. The molecule has 6 rings (SSSR count). The summed E-state index contributed by atoms with van der Waals surface area (Å²) in [6.07, 6.45) is 5.30. The van der Waals surface area contributed by atoms with Crippen LogP contribution in [0.1, 0.15) is 0 Å². The van der Waals surface area contributed by atoms with E-state index in [0.717, 1.165) is 16.5 Å². The Bertz CT molecular complexity index is 1280. The quantitative estimate of drug-likeness (QED) is 0.288. The topological polar surface area (TPSA) is 39.4 Å². The van der Waals surface area contributed by atoms with E-state index >= 15 is 0 Å². The van der Waals surface area contributed by atoms with Gasteiger partial charge in [0.05, 0.1) is 0 Å². The molecule has 35 heavy (non-hydrogen) atoms. The summed E-state index contributed by atoms with van der Waals surface area (Å²) in [5.74, 6) is 0. The normalized spacial score (nSPS) is 12.9. The monoisotopic (exact) mass is 496 g/mol. The van der Waals surface area contributed by atoms with Crippen molar-refractivity contribution in [1.82, 2.24) is 0 Å².